The third kappa shape index (κ3) is 3.53. The third-order valence-electron chi connectivity index (χ3n) is 3.94. The lowest BCUT2D eigenvalue weighted by molar-refractivity contribution is -0.117. The summed E-state index contributed by atoms with van der Waals surface area (Å²) in [6.07, 6.45) is 0.0435. The van der Waals surface area contributed by atoms with Gasteiger partial charge in [0, 0.05) is 31.0 Å². The van der Waals surface area contributed by atoms with E-state index in [0.717, 1.165) is 37.7 Å². The number of anilines is 2. The van der Waals surface area contributed by atoms with Crippen LogP contribution >= 0.6 is 0 Å². The van der Waals surface area contributed by atoms with Gasteiger partial charge in [-0.25, -0.2) is 0 Å². The van der Waals surface area contributed by atoms with Crippen LogP contribution in [0.2, 0.25) is 0 Å². The topological polar surface area (TPSA) is 73.8 Å². The lowest BCUT2D eigenvalue weighted by Crippen LogP contribution is -2.36. The second kappa shape index (κ2) is 6.43. The van der Waals surface area contributed by atoms with Crippen molar-refractivity contribution in [2.75, 3.05) is 43.1 Å². The third-order valence-corrected chi connectivity index (χ3v) is 3.94. The maximum atomic E-state index is 12.0. The fourth-order valence-electron chi connectivity index (χ4n) is 2.72. The number of amides is 1. The fourth-order valence-corrected chi connectivity index (χ4v) is 2.72. The van der Waals surface area contributed by atoms with Crippen LogP contribution in [-0.2, 0) is 9.53 Å². The summed E-state index contributed by atoms with van der Waals surface area (Å²) in [6.45, 7) is 3.79. The molecule has 0 bridgehead atoms. The summed E-state index contributed by atoms with van der Waals surface area (Å²) in [5.41, 5.74) is 1.92. The van der Waals surface area contributed by atoms with Crippen LogP contribution in [0.5, 0.6) is 0 Å². The Hall–Kier alpha value is -1.63. The molecule has 3 rings (SSSR count). The minimum Gasteiger partial charge on any atom is -0.392 e. The lowest BCUT2D eigenvalue weighted by atomic mass is 10.2. The molecule has 114 valence electrons. The summed E-state index contributed by atoms with van der Waals surface area (Å²) in [4.78, 5) is 14.3. The van der Waals surface area contributed by atoms with Gasteiger partial charge >= 0.3 is 0 Å². The van der Waals surface area contributed by atoms with Crippen molar-refractivity contribution >= 4 is 17.3 Å². The Labute approximate surface area is 124 Å². The van der Waals surface area contributed by atoms with E-state index in [1.54, 1.807) is 0 Å². The molecule has 2 aliphatic heterocycles. The molecule has 1 aromatic rings. The minimum absolute atomic E-state index is 0.0920. The molecule has 2 aliphatic rings. The molecular weight excluding hydrogens is 270 g/mol. The molecule has 2 unspecified atom stereocenters. The number of nitrogens with one attached hydrogen (secondary N) is 2. The van der Waals surface area contributed by atoms with Crippen molar-refractivity contribution < 1.29 is 14.6 Å². The van der Waals surface area contributed by atoms with Crippen LogP contribution in [-0.4, -0.2) is 56.0 Å². The van der Waals surface area contributed by atoms with E-state index in [9.17, 15) is 9.90 Å². The van der Waals surface area contributed by atoms with E-state index >= 15 is 0 Å². The average Bonchev–Trinajstić information content (AvgIpc) is 2.96. The van der Waals surface area contributed by atoms with Gasteiger partial charge in [0.05, 0.1) is 25.4 Å². The maximum Gasteiger partial charge on any atom is 0.241 e. The molecule has 6 nitrogen and oxygen atoms in total. The molecule has 2 atom stereocenters. The number of aliphatic hydroxyl groups excluding tert-OH is 1. The lowest BCUT2D eigenvalue weighted by Gasteiger charge is -2.28. The number of aliphatic hydroxyl groups is 1. The molecule has 1 amide bonds. The first-order valence-corrected chi connectivity index (χ1v) is 7.37. The van der Waals surface area contributed by atoms with Gasteiger partial charge in [-0.05, 0) is 30.7 Å². The van der Waals surface area contributed by atoms with Crippen molar-refractivity contribution in [1.82, 2.24) is 5.32 Å². The number of hydrogen-bond donors (Lipinski definition) is 3. The average molecular weight is 291 g/mol. The van der Waals surface area contributed by atoms with Crippen LogP contribution < -0.4 is 15.5 Å². The fraction of sp³-hybridized carbons (Fsp3) is 0.533. The molecule has 0 aliphatic carbocycles. The van der Waals surface area contributed by atoms with Crippen LogP contribution in [0.1, 0.15) is 6.42 Å². The number of hydrogen-bond acceptors (Lipinski definition) is 5. The van der Waals surface area contributed by atoms with Crippen LogP contribution in [0.4, 0.5) is 11.4 Å². The van der Waals surface area contributed by atoms with Crippen LogP contribution in [0.25, 0.3) is 0 Å². The van der Waals surface area contributed by atoms with Gasteiger partial charge in [0.25, 0.3) is 0 Å². The standard InChI is InChI=1S/C15H21N3O3/c19-13-9-14(16-10-13)15(20)17-11-1-3-12(4-2-11)18-5-7-21-8-6-18/h1-4,13-14,16,19H,5-10H2,(H,17,20). The summed E-state index contributed by atoms with van der Waals surface area (Å²) < 4.78 is 5.34. The Bertz CT molecular complexity index is 485. The largest absolute Gasteiger partial charge is 0.392 e. The highest BCUT2D eigenvalue weighted by atomic mass is 16.5. The predicted molar refractivity (Wildman–Crippen MR) is 80.5 cm³/mol. The van der Waals surface area contributed by atoms with Crippen molar-refractivity contribution in [3.05, 3.63) is 24.3 Å². The van der Waals surface area contributed by atoms with E-state index in [4.69, 9.17) is 4.74 Å². The van der Waals surface area contributed by atoms with Gasteiger partial charge in [-0.3, -0.25) is 4.79 Å². The van der Waals surface area contributed by atoms with Gasteiger partial charge in [0.2, 0.25) is 5.91 Å². The monoisotopic (exact) mass is 291 g/mol. The number of morpholine rings is 1. The minimum atomic E-state index is -0.426. The summed E-state index contributed by atoms with van der Waals surface area (Å²) in [5, 5.41) is 15.3. The van der Waals surface area contributed by atoms with E-state index in [1.165, 1.54) is 0 Å². The highest BCUT2D eigenvalue weighted by molar-refractivity contribution is 5.95. The normalized spacial score (nSPS) is 25.9. The molecule has 2 saturated heterocycles. The molecule has 3 N–H and O–H groups in total. The van der Waals surface area contributed by atoms with Gasteiger partial charge in [-0.2, -0.15) is 0 Å². The summed E-state index contributed by atoms with van der Waals surface area (Å²) >= 11 is 0. The van der Waals surface area contributed by atoms with E-state index in [2.05, 4.69) is 15.5 Å². The maximum absolute atomic E-state index is 12.0. The highest BCUT2D eigenvalue weighted by Crippen LogP contribution is 2.19. The molecule has 21 heavy (non-hydrogen) atoms. The SMILES string of the molecule is O=C(Nc1ccc(N2CCOCC2)cc1)C1CC(O)CN1. The number of carbonyl (C=O) groups is 1. The van der Waals surface area contributed by atoms with Crippen LogP contribution in [0.15, 0.2) is 24.3 Å². The Morgan fingerprint density at radius 1 is 1.29 bits per heavy atom. The van der Waals surface area contributed by atoms with Gasteiger partial charge in [-0.1, -0.05) is 0 Å². The highest BCUT2D eigenvalue weighted by Gasteiger charge is 2.27. The molecule has 0 spiro atoms. The van der Waals surface area contributed by atoms with Crippen molar-refractivity contribution in [3.8, 4) is 0 Å². The summed E-state index contributed by atoms with van der Waals surface area (Å²) in [5.74, 6) is -0.0920. The molecule has 2 heterocycles. The molecule has 2 fully saturated rings. The Morgan fingerprint density at radius 3 is 2.62 bits per heavy atom. The van der Waals surface area contributed by atoms with Crippen molar-refractivity contribution in [2.24, 2.45) is 0 Å². The van der Waals surface area contributed by atoms with Gasteiger partial charge in [0.15, 0.2) is 0 Å². The molecule has 0 aromatic heterocycles. The summed E-state index contributed by atoms with van der Waals surface area (Å²) in [6, 6.07) is 7.54. The number of ether oxygens (including phenoxy) is 1. The molecular formula is C15H21N3O3. The number of carbonyl (C=O) groups excluding carboxylic acids is 1. The number of nitrogens with zero attached hydrogens (tertiary/aromatic N) is 1. The smallest absolute Gasteiger partial charge is 0.241 e. The number of benzene rings is 1. The van der Waals surface area contributed by atoms with E-state index in [0.29, 0.717) is 13.0 Å². The molecule has 1 aromatic carbocycles. The zero-order valence-electron chi connectivity index (χ0n) is 11.9. The predicted octanol–water partition coefficient (Wildman–Crippen LogP) is 0.184. The Balaban J connectivity index is 1.57. The quantitative estimate of drug-likeness (QED) is 0.741. The van der Waals surface area contributed by atoms with Crippen molar-refractivity contribution in [1.29, 1.82) is 0 Å². The van der Waals surface area contributed by atoms with E-state index in [1.807, 2.05) is 24.3 Å². The zero-order chi connectivity index (χ0) is 14.7. The van der Waals surface area contributed by atoms with Gasteiger partial charge in [0.1, 0.15) is 0 Å². The van der Waals surface area contributed by atoms with E-state index in [-0.39, 0.29) is 11.9 Å². The number of β-amino-alcohol motifs (C(OH)–C–C–N with tert-alkyl or cyclic N) is 1. The number of rotatable bonds is 3. The second-order valence-electron chi connectivity index (χ2n) is 5.49. The van der Waals surface area contributed by atoms with Crippen LogP contribution in [0, 0.1) is 0 Å². The zero-order valence-corrected chi connectivity index (χ0v) is 11.9. The summed E-state index contributed by atoms with van der Waals surface area (Å²) in [7, 11) is 0. The molecule has 0 radical (unpaired) electrons. The van der Waals surface area contributed by atoms with E-state index < -0.39 is 6.10 Å². The van der Waals surface area contributed by atoms with Gasteiger partial charge < -0.3 is 25.4 Å². The Kier molecular flexibility index (Phi) is 4.38. The van der Waals surface area contributed by atoms with Crippen molar-refractivity contribution in [2.45, 2.75) is 18.6 Å². The second-order valence-corrected chi connectivity index (χ2v) is 5.49. The van der Waals surface area contributed by atoms with Gasteiger partial charge in [-0.15, -0.1) is 0 Å². The molecule has 0 saturated carbocycles. The van der Waals surface area contributed by atoms with Crippen LogP contribution in [0.3, 0.4) is 0 Å². The Morgan fingerprint density at radius 2 is 2.00 bits per heavy atom. The first-order chi connectivity index (χ1) is 10.2. The van der Waals surface area contributed by atoms with Crippen molar-refractivity contribution in [3.63, 3.8) is 0 Å². The molecule has 6 heteroatoms. The first kappa shape index (κ1) is 14.3. The first-order valence-electron chi connectivity index (χ1n) is 7.37.